The van der Waals surface area contributed by atoms with Crippen molar-refractivity contribution >= 4 is 28.3 Å². The number of hydrogen-bond donors (Lipinski definition) is 0. The summed E-state index contributed by atoms with van der Waals surface area (Å²) in [5.41, 5.74) is 0. The molecule has 1 unspecified atom stereocenters. The highest BCUT2D eigenvalue weighted by Gasteiger charge is 2.44. The Labute approximate surface area is 99.0 Å². The van der Waals surface area contributed by atoms with E-state index in [0.29, 0.717) is 12.2 Å². The van der Waals surface area contributed by atoms with Crippen molar-refractivity contribution in [1.82, 2.24) is 0 Å². The number of carbonyl (C=O) groups is 1. The molecule has 4 heteroatoms. The van der Waals surface area contributed by atoms with Gasteiger partial charge >= 0.3 is 0 Å². The number of Topliss-reactive ketones (excluding diaryl/α,β-unsaturated/α-hetero) is 1. The van der Waals surface area contributed by atoms with Crippen LogP contribution >= 0.6 is 11.8 Å². The summed E-state index contributed by atoms with van der Waals surface area (Å²) in [6, 6.07) is 0. The fourth-order valence-corrected chi connectivity index (χ4v) is 5.80. The molecule has 0 saturated carbocycles. The summed E-state index contributed by atoms with van der Waals surface area (Å²) in [6.45, 7) is 3.99. The average Bonchev–Trinajstić information content (AvgIpc) is 2.27. The lowest BCUT2D eigenvalue weighted by Gasteiger charge is -2.34. The standard InChI is InChI=1S/C11H20O2S2/c1-3-5-7-11(10(12)4-2)14-8-6-9-15(11)13/h3-9H2,1-2H3/t11-,15?/m0/s1. The summed E-state index contributed by atoms with van der Waals surface area (Å²) in [5.74, 6) is 1.89. The zero-order chi connectivity index (χ0) is 11.3. The summed E-state index contributed by atoms with van der Waals surface area (Å²) in [7, 11) is -0.955. The highest BCUT2D eigenvalue weighted by Crippen LogP contribution is 2.40. The Balaban J connectivity index is 2.82. The minimum absolute atomic E-state index is 0.194. The van der Waals surface area contributed by atoms with Gasteiger partial charge in [-0.15, -0.1) is 11.8 Å². The third-order valence-corrected chi connectivity index (χ3v) is 6.91. The molecule has 1 aliphatic rings. The van der Waals surface area contributed by atoms with Crippen molar-refractivity contribution in [3.63, 3.8) is 0 Å². The number of ketones is 1. The molecule has 2 nitrogen and oxygen atoms in total. The zero-order valence-electron chi connectivity index (χ0n) is 9.58. The lowest BCUT2D eigenvalue weighted by Crippen LogP contribution is -2.43. The van der Waals surface area contributed by atoms with Crippen LogP contribution in [-0.2, 0) is 15.6 Å². The maximum Gasteiger partial charge on any atom is 0.161 e. The predicted molar refractivity (Wildman–Crippen MR) is 67.6 cm³/mol. The van der Waals surface area contributed by atoms with Gasteiger partial charge in [0.1, 0.15) is 4.08 Å². The van der Waals surface area contributed by atoms with E-state index in [0.717, 1.165) is 31.4 Å². The first kappa shape index (κ1) is 13.2. The van der Waals surface area contributed by atoms with Gasteiger partial charge in [-0.25, -0.2) is 0 Å². The van der Waals surface area contributed by atoms with E-state index in [1.165, 1.54) is 0 Å². The molecule has 0 radical (unpaired) electrons. The fourth-order valence-electron chi connectivity index (χ4n) is 1.87. The van der Waals surface area contributed by atoms with Gasteiger partial charge in [-0.3, -0.25) is 9.00 Å². The van der Waals surface area contributed by atoms with E-state index in [-0.39, 0.29) is 5.78 Å². The Morgan fingerprint density at radius 1 is 1.47 bits per heavy atom. The number of carbonyl (C=O) groups excluding carboxylic acids is 1. The molecule has 0 bridgehead atoms. The highest BCUT2D eigenvalue weighted by atomic mass is 32.2. The van der Waals surface area contributed by atoms with Gasteiger partial charge in [-0.05, 0) is 18.6 Å². The maximum atomic E-state index is 12.1. The Morgan fingerprint density at radius 3 is 2.73 bits per heavy atom. The van der Waals surface area contributed by atoms with Gasteiger partial charge in [0.25, 0.3) is 0 Å². The van der Waals surface area contributed by atoms with Crippen molar-refractivity contribution in [2.75, 3.05) is 11.5 Å². The smallest absolute Gasteiger partial charge is 0.161 e. The summed E-state index contributed by atoms with van der Waals surface area (Å²) in [6.07, 6.45) is 4.37. The first-order valence-electron chi connectivity index (χ1n) is 5.73. The van der Waals surface area contributed by atoms with E-state index < -0.39 is 14.9 Å². The summed E-state index contributed by atoms with van der Waals surface area (Å²) < 4.78 is 11.5. The first-order chi connectivity index (χ1) is 7.17. The van der Waals surface area contributed by atoms with Crippen molar-refractivity contribution in [3.8, 4) is 0 Å². The van der Waals surface area contributed by atoms with Gasteiger partial charge < -0.3 is 0 Å². The van der Waals surface area contributed by atoms with Gasteiger partial charge in [-0.2, -0.15) is 0 Å². The van der Waals surface area contributed by atoms with Crippen LogP contribution in [0.2, 0.25) is 0 Å². The van der Waals surface area contributed by atoms with Gasteiger partial charge in [0.15, 0.2) is 5.78 Å². The molecule has 0 amide bonds. The van der Waals surface area contributed by atoms with Crippen LogP contribution in [0.15, 0.2) is 0 Å². The van der Waals surface area contributed by atoms with Gasteiger partial charge in [0.2, 0.25) is 0 Å². The third kappa shape index (κ3) is 2.84. The van der Waals surface area contributed by atoms with Crippen LogP contribution in [-0.4, -0.2) is 25.6 Å². The van der Waals surface area contributed by atoms with E-state index in [1.807, 2.05) is 6.92 Å². The SMILES string of the molecule is CCCC[C@]1(C(=O)CC)SCCCS1=O. The quantitative estimate of drug-likeness (QED) is 0.750. The Kier molecular flexibility index (Phi) is 5.33. The van der Waals surface area contributed by atoms with E-state index >= 15 is 0 Å². The molecule has 0 spiro atoms. The highest BCUT2D eigenvalue weighted by molar-refractivity contribution is 8.14. The van der Waals surface area contributed by atoms with E-state index in [1.54, 1.807) is 11.8 Å². The van der Waals surface area contributed by atoms with Gasteiger partial charge in [-0.1, -0.05) is 26.7 Å². The van der Waals surface area contributed by atoms with Crippen molar-refractivity contribution in [3.05, 3.63) is 0 Å². The van der Waals surface area contributed by atoms with E-state index in [9.17, 15) is 9.00 Å². The monoisotopic (exact) mass is 248 g/mol. The maximum absolute atomic E-state index is 12.1. The molecule has 0 aromatic heterocycles. The normalized spacial score (nSPS) is 31.5. The van der Waals surface area contributed by atoms with Crippen LogP contribution in [0.1, 0.15) is 46.0 Å². The second kappa shape index (κ2) is 6.04. The van der Waals surface area contributed by atoms with Crippen molar-refractivity contribution in [1.29, 1.82) is 0 Å². The van der Waals surface area contributed by atoms with Crippen molar-refractivity contribution in [2.45, 2.75) is 50.0 Å². The molecule has 2 atom stereocenters. The largest absolute Gasteiger partial charge is 0.297 e. The molecule has 0 aliphatic carbocycles. The molecular formula is C11H20O2S2. The van der Waals surface area contributed by atoms with E-state index in [4.69, 9.17) is 0 Å². The zero-order valence-corrected chi connectivity index (χ0v) is 11.2. The lowest BCUT2D eigenvalue weighted by molar-refractivity contribution is -0.119. The Bertz CT molecular complexity index is 243. The second-order valence-corrected chi connectivity index (χ2v) is 7.33. The number of unbranched alkanes of at least 4 members (excludes halogenated alkanes) is 1. The molecule has 1 aliphatic heterocycles. The average molecular weight is 248 g/mol. The van der Waals surface area contributed by atoms with E-state index in [2.05, 4.69) is 6.92 Å². The number of rotatable bonds is 5. The molecule has 1 heterocycles. The molecule has 15 heavy (non-hydrogen) atoms. The van der Waals surface area contributed by atoms with Gasteiger partial charge in [0, 0.05) is 23.0 Å². The Morgan fingerprint density at radius 2 is 2.20 bits per heavy atom. The topological polar surface area (TPSA) is 34.1 Å². The predicted octanol–water partition coefficient (Wildman–Crippen LogP) is 2.74. The molecule has 1 rings (SSSR count). The summed E-state index contributed by atoms with van der Waals surface area (Å²) >= 11 is 1.64. The van der Waals surface area contributed by atoms with Crippen molar-refractivity contribution in [2.24, 2.45) is 0 Å². The van der Waals surface area contributed by atoms with Crippen LogP contribution in [0.3, 0.4) is 0 Å². The third-order valence-electron chi connectivity index (χ3n) is 2.78. The minimum Gasteiger partial charge on any atom is -0.297 e. The van der Waals surface area contributed by atoms with Crippen LogP contribution in [0.25, 0.3) is 0 Å². The van der Waals surface area contributed by atoms with Crippen LogP contribution < -0.4 is 0 Å². The molecule has 1 saturated heterocycles. The van der Waals surface area contributed by atoms with Gasteiger partial charge in [0.05, 0.1) is 0 Å². The number of hydrogen-bond acceptors (Lipinski definition) is 3. The van der Waals surface area contributed by atoms with Crippen molar-refractivity contribution < 1.29 is 9.00 Å². The minimum atomic E-state index is -0.955. The summed E-state index contributed by atoms with van der Waals surface area (Å²) in [4.78, 5) is 12.0. The molecule has 0 aromatic carbocycles. The first-order valence-corrected chi connectivity index (χ1v) is 8.03. The van der Waals surface area contributed by atoms with Crippen LogP contribution in [0, 0.1) is 0 Å². The van der Waals surface area contributed by atoms with Crippen LogP contribution in [0.4, 0.5) is 0 Å². The number of thioether (sulfide) groups is 1. The molecule has 0 N–H and O–H groups in total. The lowest BCUT2D eigenvalue weighted by atomic mass is 10.1. The second-order valence-electron chi connectivity index (χ2n) is 3.88. The van der Waals surface area contributed by atoms with Crippen LogP contribution in [0.5, 0.6) is 0 Å². The molecule has 88 valence electrons. The molecule has 0 aromatic rings. The molecular weight excluding hydrogens is 228 g/mol. The Hall–Kier alpha value is 0.170. The fraction of sp³-hybridized carbons (Fsp3) is 0.909. The molecule has 1 fully saturated rings. The summed E-state index contributed by atoms with van der Waals surface area (Å²) in [5, 5.41) is 0.